The lowest BCUT2D eigenvalue weighted by Gasteiger charge is -2.23. The highest BCUT2D eigenvalue weighted by molar-refractivity contribution is 8.01. The number of aliphatic hydroxyl groups is 1. The first-order valence-corrected chi connectivity index (χ1v) is 6.09. The number of carboxylic acids is 1. The molecular weight excluding hydrogens is 224 g/mol. The summed E-state index contributed by atoms with van der Waals surface area (Å²) in [5.74, 6) is -0.398. The average Bonchev–Trinajstić information content (AvgIpc) is 2.27. The Morgan fingerprint density at radius 3 is 2.50 bits per heavy atom. The molecule has 0 heterocycles. The first-order chi connectivity index (χ1) is 7.58. The zero-order valence-electron chi connectivity index (χ0n) is 9.22. The Kier molecular flexibility index (Phi) is 4.83. The molecule has 1 unspecified atom stereocenters. The van der Waals surface area contributed by atoms with Crippen molar-refractivity contribution in [3.05, 3.63) is 35.9 Å². The molecule has 1 atom stereocenters. The molecule has 0 aliphatic rings. The zero-order valence-corrected chi connectivity index (χ0v) is 10.0. The van der Waals surface area contributed by atoms with Crippen LogP contribution in [0.2, 0.25) is 0 Å². The van der Waals surface area contributed by atoms with Gasteiger partial charge >= 0.3 is 5.97 Å². The fourth-order valence-electron chi connectivity index (χ4n) is 1.44. The van der Waals surface area contributed by atoms with Crippen LogP contribution in [0.1, 0.15) is 12.5 Å². The standard InChI is InChI=1S/C12H16O3S/c1-12(11(14)15,16-8-7-13)9-10-5-3-2-4-6-10/h2-6,13H,7-9H2,1H3,(H,14,15). The minimum absolute atomic E-state index is 0.00231. The lowest BCUT2D eigenvalue weighted by atomic mass is 10.0. The quantitative estimate of drug-likeness (QED) is 0.796. The van der Waals surface area contributed by atoms with Gasteiger partial charge in [-0.15, -0.1) is 11.8 Å². The molecule has 0 saturated heterocycles. The van der Waals surface area contributed by atoms with Crippen molar-refractivity contribution >= 4 is 17.7 Å². The number of hydrogen-bond acceptors (Lipinski definition) is 3. The number of carbonyl (C=O) groups is 1. The summed E-state index contributed by atoms with van der Waals surface area (Å²) in [6, 6.07) is 9.53. The summed E-state index contributed by atoms with van der Waals surface area (Å²) in [6.45, 7) is 1.70. The van der Waals surface area contributed by atoms with E-state index in [0.717, 1.165) is 5.56 Å². The maximum Gasteiger partial charge on any atom is 0.319 e. The molecule has 1 rings (SSSR count). The molecule has 4 heteroatoms. The number of benzene rings is 1. The molecule has 0 aromatic heterocycles. The molecular formula is C12H16O3S. The van der Waals surface area contributed by atoms with Crippen molar-refractivity contribution in [2.45, 2.75) is 18.1 Å². The van der Waals surface area contributed by atoms with E-state index in [-0.39, 0.29) is 6.61 Å². The van der Waals surface area contributed by atoms with Crippen LogP contribution in [0.3, 0.4) is 0 Å². The normalized spacial score (nSPS) is 14.4. The molecule has 1 aromatic carbocycles. The Labute approximate surface area is 99.5 Å². The van der Waals surface area contributed by atoms with Crippen LogP contribution in [0.25, 0.3) is 0 Å². The second-order valence-corrected chi connectivity index (χ2v) is 5.37. The highest BCUT2D eigenvalue weighted by Gasteiger charge is 2.33. The van der Waals surface area contributed by atoms with Crippen molar-refractivity contribution in [2.75, 3.05) is 12.4 Å². The van der Waals surface area contributed by atoms with Gasteiger partial charge in [-0.1, -0.05) is 30.3 Å². The van der Waals surface area contributed by atoms with Crippen molar-refractivity contribution in [3.63, 3.8) is 0 Å². The largest absolute Gasteiger partial charge is 0.480 e. The number of hydrogen-bond donors (Lipinski definition) is 2. The van der Waals surface area contributed by atoms with Gasteiger partial charge in [0.15, 0.2) is 0 Å². The maximum absolute atomic E-state index is 11.2. The van der Waals surface area contributed by atoms with Gasteiger partial charge in [-0.05, 0) is 18.9 Å². The predicted octanol–water partition coefficient (Wildman–Crippen LogP) is 1.80. The number of carboxylic acid groups (broad SMARTS) is 1. The molecule has 88 valence electrons. The van der Waals surface area contributed by atoms with Gasteiger partial charge in [-0.2, -0.15) is 0 Å². The van der Waals surface area contributed by atoms with E-state index in [2.05, 4.69) is 0 Å². The number of aliphatic hydroxyl groups excluding tert-OH is 1. The van der Waals surface area contributed by atoms with Crippen LogP contribution >= 0.6 is 11.8 Å². The molecule has 0 amide bonds. The van der Waals surface area contributed by atoms with E-state index >= 15 is 0 Å². The fourth-order valence-corrected chi connectivity index (χ4v) is 2.38. The second-order valence-electron chi connectivity index (χ2n) is 3.77. The summed E-state index contributed by atoms with van der Waals surface area (Å²) >= 11 is 1.28. The smallest absolute Gasteiger partial charge is 0.319 e. The van der Waals surface area contributed by atoms with E-state index in [0.29, 0.717) is 12.2 Å². The summed E-state index contributed by atoms with van der Waals surface area (Å²) in [7, 11) is 0. The van der Waals surface area contributed by atoms with Gasteiger partial charge < -0.3 is 10.2 Å². The summed E-state index contributed by atoms with van der Waals surface area (Å²) in [6.07, 6.45) is 0.466. The molecule has 0 radical (unpaired) electrons. The number of aliphatic carboxylic acids is 1. The van der Waals surface area contributed by atoms with E-state index in [4.69, 9.17) is 5.11 Å². The van der Waals surface area contributed by atoms with E-state index in [9.17, 15) is 9.90 Å². The van der Waals surface area contributed by atoms with Gasteiger partial charge in [-0.25, -0.2) is 0 Å². The van der Waals surface area contributed by atoms with E-state index in [1.807, 2.05) is 30.3 Å². The van der Waals surface area contributed by atoms with Crippen LogP contribution in [0.4, 0.5) is 0 Å². The van der Waals surface area contributed by atoms with Crippen molar-refractivity contribution in [1.29, 1.82) is 0 Å². The van der Waals surface area contributed by atoms with Crippen LogP contribution in [0, 0.1) is 0 Å². The highest BCUT2D eigenvalue weighted by atomic mass is 32.2. The van der Waals surface area contributed by atoms with Crippen LogP contribution in [-0.4, -0.2) is 33.3 Å². The van der Waals surface area contributed by atoms with Crippen molar-refractivity contribution in [1.82, 2.24) is 0 Å². The fraction of sp³-hybridized carbons (Fsp3) is 0.417. The summed E-state index contributed by atoms with van der Waals surface area (Å²) < 4.78 is -0.871. The Bertz CT molecular complexity index is 339. The van der Waals surface area contributed by atoms with Gasteiger partial charge in [-0.3, -0.25) is 4.79 Å². The van der Waals surface area contributed by atoms with Crippen LogP contribution in [0.5, 0.6) is 0 Å². The van der Waals surface area contributed by atoms with Crippen LogP contribution < -0.4 is 0 Å². The highest BCUT2D eigenvalue weighted by Crippen LogP contribution is 2.29. The molecule has 0 spiro atoms. The lowest BCUT2D eigenvalue weighted by Crippen LogP contribution is -2.34. The molecule has 0 saturated carbocycles. The third-order valence-corrected chi connectivity index (χ3v) is 3.69. The van der Waals surface area contributed by atoms with Gasteiger partial charge in [0.2, 0.25) is 0 Å². The maximum atomic E-state index is 11.2. The van der Waals surface area contributed by atoms with Crippen molar-refractivity contribution in [2.24, 2.45) is 0 Å². The first-order valence-electron chi connectivity index (χ1n) is 5.10. The van der Waals surface area contributed by atoms with Gasteiger partial charge in [0, 0.05) is 5.75 Å². The summed E-state index contributed by atoms with van der Waals surface area (Å²) in [5.41, 5.74) is 0.998. The molecule has 3 nitrogen and oxygen atoms in total. The third-order valence-electron chi connectivity index (χ3n) is 2.35. The molecule has 2 N–H and O–H groups in total. The van der Waals surface area contributed by atoms with Crippen molar-refractivity contribution in [3.8, 4) is 0 Å². The van der Waals surface area contributed by atoms with Gasteiger partial charge in [0.1, 0.15) is 4.75 Å². The molecule has 0 bridgehead atoms. The molecule has 0 aliphatic carbocycles. The Hall–Kier alpha value is -1.00. The number of rotatable bonds is 6. The third kappa shape index (κ3) is 3.54. The molecule has 0 aliphatic heterocycles. The second kappa shape index (κ2) is 5.92. The molecule has 16 heavy (non-hydrogen) atoms. The Morgan fingerprint density at radius 2 is 2.00 bits per heavy atom. The molecule has 0 fully saturated rings. The topological polar surface area (TPSA) is 57.5 Å². The van der Waals surface area contributed by atoms with E-state index in [1.165, 1.54) is 11.8 Å². The van der Waals surface area contributed by atoms with Crippen LogP contribution in [0.15, 0.2) is 30.3 Å². The van der Waals surface area contributed by atoms with Crippen LogP contribution in [-0.2, 0) is 11.2 Å². The number of thioether (sulfide) groups is 1. The van der Waals surface area contributed by atoms with Gasteiger partial charge in [0.05, 0.1) is 6.61 Å². The van der Waals surface area contributed by atoms with E-state index < -0.39 is 10.7 Å². The Balaban J connectivity index is 2.75. The summed E-state index contributed by atoms with van der Waals surface area (Å²) in [5, 5.41) is 18.0. The SMILES string of the molecule is CC(Cc1ccccc1)(SCCO)C(=O)O. The van der Waals surface area contributed by atoms with Gasteiger partial charge in [0.25, 0.3) is 0 Å². The Morgan fingerprint density at radius 1 is 1.38 bits per heavy atom. The predicted molar refractivity (Wildman–Crippen MR) is 65.7 cm³/mol. The minimum atomic E-state index is -0.871. The monoisotopic (exact) mass is 240 g/mol. The zero-order chi connectivity index (χ0) is 12.0. The minimum Gasteiger partial charge on any atom is -0.480 e. The molecule has 1 aromatic rings. The average molecular weight is 240 g/mol. The van der Waals surface area contributed by atoms with E-state index in [1.54, 1.807) is 6.92 Å². The summed E-state index contributed by atoms with van der Waals surface area (Å²) in [4.78, 5) is 11.2. The lowest BCUT2D eigenvalue weighted by molar-refractivity contribution is -0.139. The first kappa shape index (κ1) is 13.1. The van der Waals surface area contributed by atoms with Crippen molar-refractivity contribution < 1.29 is 15.0 Å².